The molecule has 1 amide bonds. The second-order valence-corrected chi connectivity index (χ2v) is 6.88. The highest BCUT2D eigenvalue weighted by Crippen LogP contribution is 2.33. The molecular weight excluding hydrogens is 310 g/mol. The Balaban J connectivity index is 2.03. The van der Waals surface area contributed by atoms with Crippen LogP contribution in [0.15, 0.2) is 66.9 Å². The van der Waals surface area contributed by atoms with Crippen molar-refractivity contribution in [3.63, 3.8) is 0 Å². The van der Waals surface area contributed by atoms with Gasteiger partial charge in [0.15, 0.2) is 0 Å². The van der Waals surface area contributed by atoms with E-state index < -0.39 is 0 Å². The van der Waals surface area contributed by atoms with E-state index in [4.69, 9.17) is 4.74 Å². The van der Waals surface area contributed by atoms with Crippen molar-refractivity contribution in [1.29, 1.82) is 0 Å². The molecule has 3 nitrogen and oxygen atoms in total. The van der Waals surface area contributed by atoms with Crippen molar-refractivity contribution >= 4 is 11.7 Å². The average molecular weight is 335 g/mol. The molecule has 1 saturated heterocycles. The van der Waals surface area contributed by atoms with Crippen molar-refractivity contribution < 1.29 is 9.53 Å². The van der Waals surface area contributed by atoms with Gasteiger partial charge in [0.1, 0.15) is 6.61 Å². The predicted molar refractivity (Wildman–Crippen MR) is 101 cm³/mol. The van der Waals surface area contributed by atoms with Gasteiger partial charge in [0.25, 0.3) is 0 Å². The molecule has 1 aliphatic rings. The van der Waals surface area contributed by atoms with Crippen LogP contribution < -0.4 is 0 Å². The van der Waals surface area contributed by atoms with E-state index >= 15 is 0 Å². The highest BCUT2D eigenvalue weighted by atomic mass is 16.6. The first-order valence-corrected chi connectivity index (χ1v) is 8.85. The fourth-order valence-electron chi connectivity index (χ4n) is 3.25. The number of rotatable bonds is 5. The van der Waals surface area contributed by atoms with E-state index in [2.05, 4.69) is 57.2 Å². The van der Waals surface area contributed by atoms with Gasteiger partial charge in [-0.2, -0.15) is 0 Å². The highest BCUT2D eigenvalue weighted by molar-refractivity contribution is 5.77. The number of nitrogens with zero attached hydrogens (tertiary/aromatic N) is 1. The van der Waals surface area contributed by atoms with E-state index in [1.807, 2.05) is 30.5 Å². The van der Waals surface area contributed by atoms with E-state index in [9.17, 15) is 4.79 Å². The Labute approximate surface area is 149 Å². The molecule has 0 aromatic heterocycles. The zero-order valence-electron chi connectivity index (χ0n) is 15.1. The minimum Gasteiger partial charge on any atom is -0.447 e. The van der Waals surface area contributed by atoms with Crippen LogP contribution in [0.4, 0.5) is 4.79 Å². The van der Waals surface area contributed by atoms with Gasteiger partial charge in [-0.05, 0) is 22.6 Å². The molecule has 25 heavy (non-hydrogen) atoms. The number of carbonyl (C=O) groups is 1. The number of carbonyl (C=O) groups excluding carboxylic acids is 1. The summed E-state index contributed by atoms with van der Waals surface area (Å²) in [5.74, 6) is 0.511. The lowest BCUT2D eigenvalue weighted by Crippen LogP contribution is -2.33. The number of amides is 1. The second-order valence-electron chi connectivity index (χ2n) is 6.88. The third kappa shape index (κ3) is 3.76. The minimum absolute atomic E-state index is 0.0779. The quantitative estimate of drug-likeness (QED) is 0.741. The number of allylic oxidation sites excluding steroid dienone is 1. The molecule has 0 saturated carbocycles. The Morgan fingerprint density at radius 2 is 1.64 bits per heavy atom. The molecule has 0 N–H and O–H groups in total. The molecule has 2 aromatic rings. The van der Waals surface area contributed by atoms with E-state index in [-0.39, 0.29) is 18.1 Å². The van der Waals surface area contributed by atoms with Crippen LogP contribution >= 0.6 is 0 Å². The first-order chi connectivity index (χ1) is 12.1. The molecule has 2 atom stereocenters. The predicted octanol–water partition coefficient (Wildman–Crippen LogP) is 5.31. The largest absolute Gasteiger partial charge is 0.447 e. The Morgan fingerprint density at radius 1 is 1.04 bits per heavy atom. The lowest BCUT2D eigenvalue weighted by Gasteiger charge is -2.25. The molecule has 130 valence electrons. The number of benzene rings is 2. The Morgan fingerprint density at radius 3 is 2.24 bits per heavy atom. The zero-order chi connectivity index (χ0) is 17.8. The molecule has 1 heterocycles. The van der Waals surface area contributed by atoms with Crippen molar-refractivity contribution in [3.05, 3.63) is 78.0 Å². The molecule has 2 aromatic carbocycles. The number of hydrogen-bond acceptors (Lipinski definition) is 2. The maximum atomic E-state index is 12.3. The standard InChI is InChI=1S/C22H25NO2/c1-16(2)21-15-25-22(24)23(21)14-20(19-12-8-5-9-13-19)17(3)18-10-6-4-7-11-18/h4-14,16-17,21H,15H2,1-3H3/b20-14-/t17-,21-/m1/s1. The van der Waals surface area contributed by atoms with Crippen LogP contribution in [0.3, 0.4) is 0 Å². The van der Waals surface area contributed by atoms with Gasteiger partial charge in [0.05, 0.1) is 6.04 Å². The van der Waals surface area contributed by atoms with E-state index in [0.717, 1.165) is 11.1 Å². The van der Waals surface area contributed by atoms with Gasteiger partial charge in [-0.25, -0.2) is 4.79 Å². The maximum Gasteiger partial charge on any atom is 0.414 e. The van der Waals surface area contributed by atoms with Crippen molar-refractivity contribution in [2.45, 2.75) is 32.7 Å². The van der Waals surface area contributed by atoms with Crippen LogP contribution in [-0.4, -0.2) is 23.6 Å². The summed E-state index contributed by atoms with van der Waals surface area (Å²) in [6.07, 6.45) is 1.74. The van der Waals surface area contributed by atoms with Crippen molar-refractivity contribution in [3.8, 4) is 0 Å². The molecular formula is C22H25NO2. The molecule has 3 heteroatoms. The van der Waals surface area contributed by atoms with Crippen LogP contribution in [0.1, 0.15) is 37.8 Å². The monoisotopic (exact) mass is 335 g/mol. The summed E-state index contributed by atoms with van der Waals surface area (Å²) in [6.45, 7) is 6.88. The van der Waals surface area contributed by atoms with Crippen LogP contribution in [0.5, 0.6) is 0 Å². The number of hydrogen-bond donors (Lipinski definition) is 0. The summed E-state index contributed by atoms with van der Waals surface area (Å²) < 4.78 is 5.30. The van der Waals surface area contributed by atoms with Gasteiger partial charge in [-0.3, -0.25) is 4.90 Å². The van der Waals surface area contributed by atoms with E-state index in [1.165, 1.54) is 5.56 Å². The van der Waals surface area contributed by atoms with Gasteiger partial charge in [-0.15, -0.1) is 0 Å². The smallest absolute Gasteiger partial charge is 0.414 e. The van der Waals surface area contributed by atoms with E-state index in [0.29, 0.717) is 12.5 Å². The lowest BCUT2D eigenvalue weighted by molar-refractivity contribution is 0.166. The summed E-state index contributed by atoms with van der Waals surface area (Å²) in [6, 6.07) is 20.7. The van der Waals surface area contributed by atoms with Crippen LogP contribution in [-0.2, 0) is 4.74 Å². The number of ether oxygens (including phenoxy) is 1. The van der Waals surface area contributed by atoms with Gasteiger partial charge >= 0.3 is 6.09 Å². The fourth-order valence-corrected chi connectivity index (χ4v) is 3.25. The molecule has 0 spiro atoms. The summed E-state index contributed by atoms with van der Waals surface area (Å²) in [5, 5.41) is 0. The lowest BCUT2D eigenvalue weighted by atomic mass is 9.88. The normalized spacial score (nSPS) is 19.2. The summed E-state index contributed by atoms with van der Waals surface area (Å²) in [5.41, 5.74) is 3.48. The third-order valence-electron chi connectivity index (χ3n) is 4.87. The zero-order valence-corrected chi connectivity index (χ0v) is 15.1. The molecule has 0 bridgehead atoms. The van der Waals surface area contributed by atoms with Crippen LogP contribution in [0.2, 0.25) is 0 Å². The maximum absolute atomic E-state index is 12.3. The minimum atomic E-state index is -0.257. The molecule has 3 rings (SSSR count). The van der Waals surface area contributed by atoms with Crippen molar-refractivity contribution in [2.75, 3.05) is 6.61 Å². The number of cyclic esters (lactones) is 1. The highest BCUT2D eigenvalue weighted by Gasteiger charge is 2.34. The Hall–Kier alpha value is -2.55. The summed E-state index contributed by atoms with van der Waals surface area (Å²) in [7, 11) is 0. The van der Waals surface area contributed by atoms with Crippen molar-refractivity contribution in [2.24, 2.45) is 5.92 Å². The summed E-state index contributed by atoms with van der Waals surface area (Å²) in [4.78, 5) is 14.0. The molecule has 1 fully saturated rings. The van der Waals surface area contributed by atoms with Gasteiger partial charge in [-0.1, -0.05) is 81.4 Å². The van der Waals surface area contributed by atoms with Gasteiger partial charge < -0.3 is 4.74 Å². The van der Waals surface area contributed by atoms with E-state index in [1.54, 1.807) is 4.90 Å². The molecule has 1 aliphatic heterocycles. The first-order valence-electron chi connectivity index (χ1n) is 8.85. The first kappa shape index (κ1) is 17.3. The topological polar surface area (TPSA) is 29.5 Å². The van der Waals surface area contributed by atoms with Gasteiger partial charge in [0.2, 0.25) is 0 Å². The third-order valence-corrected chi connectivity index (χ3v) is 4.87. The Kier molecular flexibility index (Phi) is 5.22. The molecule has 0 radical (unpaired) electrons. The molecule has 0 aliphatic carbocycles. The fraction of sp³-hybridized carbons (Fsp3) is 0.318. The Bertz CT molecular complexity index is 737. The van der Waals surface area contributed by atoms with Gasteiger partial charge in [0, 0.05) is 12.1 Å². The SMILES string of the molecule is CC(C)[C@H]1COC(=O)N1/C=C(\c1ccccc1)[C@H](C)c1ccccc1. The van der Waals surface area contributed by atoms with Crippen LogP contribution in [0.25, 0.3) is 5.57 Å². The molecule has 0 unspecified atom stereocenters. The average Bonchev–Trinajstić information content (AvgIpc) is 3.01. The van der Waals surface area contributed by atoms with Crippen LogP contribution in [0, 0.1) is 5.92 Å². The second kappa shape index (κ2) is 7.56. The van der Waals surface area contributed by atoms with Crippen molar-refractivity contribution in [1.82, 2.24) is 4.90 Å². The summed E-state index contributed by atoms with van der Waals surface area (Å²) >= 11 is 0.